The van der Waals surface area contributed by atoms with Crippen LogP contribution in [0.1, 0.15) is 13.0 Å². The summed E-state index contributed by atoms with van der Waals surface area (Å²) < 4.78 is 40.1. The molecule has 1 unspecified atom stereocenters. The van der Waals surface area contributed by atoms with Gasteiger partial charge >= 0.3 is 0 Å². The molecule has 1 N–H and O–H groups in total. The van der Waals surface area contributed by atoms with Gasteiger partial charge in [-0.2, -0.15) is 4.57 Å². The zero-order valence-electron chi connectivity index (χ0n) is 18.0. The Bertz CT molecular complexity index is 1290. The van der Waals surface area contributed by atoms with E-state index >= 15 is 0 Å². The number of nitrogens with one attached hydrogen (secondary N) is 1. The summed E-state index contributed by atoms with van der Waals surface area (Å²) in [6.07, 6.45) is 7.28. The highest BCUT2D eigenvalue weighted by molar-refractivity contribution is 7.84. The van der Waals surface area contributed by atoms with Gasteiger partial charge < -0.3 is 13.7 Å². The molecule has 11 heteroatoms. The number of carbonyl (C=O) groups excluding carboxylic acids is 2. The Labute approximate surface area is 190 Å². The number of rotatable bonds is 5. The maximum Gasteiger partial charge on any atom is 0.260 e. The lowest BCUT2D eigenvalue weighted by Gasteiger charge is -2.06. The van der Waals surface area contributed by atoms with Gasteiger partial charge in [0.1, 0.15) is 5.75 Å². The van der Waals surface area contributed by atoms with Crippen LogP contribution in [0, 0.1) is 0 Å². The predicted molar refractivity (Wildman–Crippen MR) is 116 cm³/mol. The van der Waals surface area contributed by atoms with E-state index in [1.807, 2.05) is 60.3 Å². The number of ether oxygens (including phenoxy) is 1. The number of amides is 2. The predicted octanol–water partition coefficient (Wildman–Crippen LogP) is 1.61. The summed E-state index contributed by atoms with van der Waals surface area (Å²) in [6, 6.07) is 11.0. The van der Waals surface area contributed by atoms with E-state index in [4.69, 9.17) is 22.1 Å². The van der Waals surface area contributed by atoms with Crippen molar-refractivity contribution in [3.63, 3.8) is 0 Å². The van der Waals surface area contributed by atoms with Crippen molar-refractivity contribution in [3.05, 3.63) is 66.6 Å². The van der Waals surface area contributed by atoms with Gasteiger partial charge in [0.05, 0.1) is 29.0 Å². The molecule has 0 saturated heterocycles. The van der Waals surface area contributed by atoms with E-state index < -0.39 is 10.1 Å². The Hall–Kier alpha value is -3.83. The van der Waals surface area contributed by atoms with Crippen molar-refractivity contribution in [2.45, 2.75) is 13.0 Å². The fraction of sp³-hybridized carbons (Fsp3) is 0.182. The number of hydrogen-bond acceptors (Lipinski definition) is 8. The van der Waals surface area contributed by atoms with Crippen molar-refractivity contribution in [2.75, 3.05) is 13.4 Å². The fourth-order valence-electron chi connectivity index (χ4n) is 3.03. The number of imide groups is 1. The third-order valence-corrected chi connectivity index (χ3v) is 4.66. The van der Waals surface area contributed by atoms with Crippen LogP contribution in [0.3, 0.4) is 0 Å². The van der Waals surface area contributed by atoms with E-state index in [9.17, 15) is 9.59 Å². The first-order chi connectivity index (χ1) is 15.5. The van der Waals surface area contributed by atoms with Crippen molar-refractivity contribution < 1.29 is 36.3 Å². The van der Waals surface area contributed by atoms with E-state index in [2.05, 4.69) is 10.3 Å². The lowest BCUT2D eigenvalue weighted by Crippen LogP contribution is -2.40. The van der Waals surface area contributed by atoms with E-state index in [0.717, 1.165) is 16.9 Å². The van der Waals surface area contributed by atoms with Gasteiger partial charge in [0, 0.05) is 42.5 Å². The second-order valence-corrected chi connectivity index (χ2v) is 8.50. The smallest absolute Gasteiger partial charge is 0.260 e. The second-order valence-electron chi connectivity index (χ2n) is 7.09. The molecule has 0 aliphatic carbocycles. The number of benzene rings is 1. The van der Waals surface area contributed by atoms with Crippen LogP contribution in [0.5, 0.6) is 5.75 Å². The van der Waals surface area contributed by atoms with Gasteiger partial charge in [-0.25, -0.2) is 13.4 Å². The Morgan fingerprint density at radius 2 is 1.70 bits per heavy atom. The van der Waals surface area contributed by atoms with Gasteiger partial charge in [0.15, 0.2) is 24.2 Å². The molecular formula is C22H21N3O7S. The van der Waals surface area contributed by atoms with Crippen molar-refractivity contribution in [2.24, 2.45) is 0 Å². The number of carbonyl (C=O) groups is 2. The molecule has 3 heterocycles. The van der Waals surface area contributed by atoms with Crippen LogP contribution in [0.4, 0.5) is 0 Å². The van der Waals surface area contributed by atoms with Gasteiger partial charge in [0.25, 0.3) is 11.8 Å². The van der Waals surface area contributed by atoms with Crippen LogP contribution in [0.25, 0.3) is 22.8 Å². The minimum Gasteiger partial charge on any atom is -0.748 e. The summed E-state index contributed by atoms with van der Waals surface area (Å²) in [6.45, 7) is 1.86. The summed E-state index contributed by atoms with van der Waals surface area (Å²) >= 11 is 0. The van der Waals surface area contributed by atoms with Gasteiger partial charge in [0.2, 0.25) is 5.89 Å². The number of methoxy groups -OCH3 is 1. The molecule has 1 atom stereocenters. The van der Waals surface area contributed by atoms with E-state index in [-0.39, 0.29) is 17.9 Å². The molecule has 0 fully saturated rings. The quantitative estimate of drug-likeness (QED) is 0.336. The summed E-state index contributed by atoms with van der Waals surface area (Å²) in [4.78, 5) is 27.5. The molecule has 2 amide bonds. The fourth-order valence-corrected chi connectivity index (χ4v) is 3.03. The molecular weight excluding hydrogens is 450 g/mol. The summed E-state index contributed by atoms with van der Waals surface area (Å²) in [5.74, 6) is 1.20. The van der Waals surface area contributed by atoms with Gasteiger partial charge in [-0.15, -0.1) is 0 Å². The first kappa shape index (κ1) is 23.8. The third kappa shape index (κ3) is 6.34. The van der Waals surface area contributed by atoms with Gasteiger partial charge in [-0.1, -0.05) is 0 Å². The standard InChI is InChI=1S/C21H17N3O4.CH4O3S/c1-13(17-11-19(25)23-20(17)26)24-9-7-15(8-10-24)21-22-12-18(28-21)14-3-5-16(27-2)6-4-14;1-5(2,3)4/h3-13H,1-2H3;1H3,(H,2,3,4). The Kier molecular flexibility index (Phi) is 7.04. The second kappa shape index (κ2) is 9.76. The van der Waals surface area contributed by atoms with Crippen LogP contribution in [-0.4, -0.2) is 43.1 Å². The van der Waals surface area contributed by atoms with Crippen molar-refractivity contribution in [3.8, 4) is 28.5 Å². The third-order valence-electron chi connectivity index (χ3n) is 4.66. The number of pyridine rings is 1. The van der Waals surface area contributed by atoms with E-state index in [1.165, 1.54) is 6.08 Å². The first-order valence-electron chi connectivity index (χ1n) is 9.64. The average Bonchev–Trinajstić information content (AvgIpc) is 3.39. The minimum absolute atomic E-state index is 0.264. The molecule has 2 aromatic heterocycles. The maximum absolute atomic E-state index is 11.8. The topological polar surface area (TPSA) is 143 Å². The van der Waals surface area contributed by atoms with Crippen molar-refractivity contribution in [1.82, 2.24) is 10.3 Å². The Balaban J connectivity index is 0.000000555. The highest BCUT2D eigenvalue weighted by Gasteiger charge is 2.30. The Morgan fingerprint density at radius 3 is 2.21 bits per heavy atom. The van der Waals surface area contributed by atoms with Crippen LogP contribution >= 0.6 is 0 Å². The van der Waals surface area contributed by atoms with E-state index in [0.29, 0.717) is 23.5 Å². The number of hydrogen-bond donors (Lipinski definition) is 1. The molecule has 0 radical (unpaired) electrons. The number of nitrogens with zero attached hydrogens (tertiary/aromatic N) is 2. The van der Waals surface area contributed by atoms with Crippen LogP contribution in [0.15, 0.2) is 71.1 Å². The summed E-state index contributed by atoms with van der Waals surface area (Å²) in [5, 5.41) is 2.26. The van der Waals surface area contributed by atoms with Crippen LogP contribution in [0.2, 0.25) is 0 Å². The molecule has 4 rings (SSSR count). The minimum atomic E-state index is -3.92. The molecule has 0 spiro atoms. The van der Waals surface area contributed by atoms with Crippen molar-refractivity contribution in [1.29, 1.82) is 0 Å². The normalized spacial score (nSPS) is 14.1. The lowest BCUT2D eigenvalue weighted by molar-refractivity contribution is -0.710. The average molecular weight is 471 g/mol. The zero-order valence-corrected chi connectivity index (χ0v) is 18.8. The lowest BCUT2D eigenvalue weighted by atomic mass is 10.1. The molecule has 1 aliphatic rings. The molecule has 3 aromatic rings. The monoisotopic (exact) mass is 471 g/mol. The SMILES string of the molecule is COc1ccc(-c2cnc(-c3cc[n+](C(C)C4=CC(=O)NC4=O)cc3)o2)cc1.CS(=O)(=O)[O-]. The van der Waals surface area contributed by atoms with Gasteiger partial charge in [-0.3, -0.25) is 14.9 Å². The Morgan fingerprint density at radius 1 is 1.09 bits per heavy atom. The largest absolute Gasteiger partial charge is 0.748 e. The maximum atomic E-state index is 11.8. The first-order valence-corrected chi connectivity index (χ1v) is 11.5. The molecule has 172 valence electrons. The van der Waals surface area contributed by atoms with Crippen LogP contribution in [-0.2, 0) is 19.7 Å². The van der Waals surface area contributed by atoms with Crippen molar-refractivity contribution >= 4 is 21.9 Å². The molecule has 1 aromatic carbocycles. The van der Waals surface area contributed by atoms with Crippen LogP contribution < -0.4 is 14.6 Å². The van der Waals surface area contributed by atoms with Gasteiger partial charge in [-0.05, 0) is 24.3 Å². The number of aromatic nitrogens is 2. The molecule has 0 saturated carbocycles. The molecule has 33 heavy (non-hydrogen) atoms. The number of oxazole rings is 1. The molecule has 0 bridgehead atoms. The highest BCUT2D eigenvalue weighted by atomic mass is 32.2. The molecule has 10 nitrogen and oxygen atoms in total. The molecule has 1 aliphatic heterocycles. The zero-order chi connectivity index (χ0) is 24.2. The summed E-state index contributed by atoms with van der Waals surface area (Å²) in [7, 11) is -2.29. The summed E-state index contributed by atoms with van der Waals surface area (Å²) in [5.41, 5.74) is 2.15. The van der Waals surface area contributed by atoms with E-state index in [1.54, 1.807) is 13.3 Å². The highest BCUT2D eigenvalue weighted by Crippen LogP contribution is 2.27.